The topological polar surface area (TPSA) is 86.7 Å². The van der Waals surface area contributed by atoms with Crippen molar-refractivity contribution < 1.29 is 19.5 Å². The summed E-state index contributed by atoms with van der Waals surface area (Å²) in [7, 11) is 0. The molecule has 23 heavy (non-hydrogen) atoms. The number of hydrogen-bond donors (Lipinski definition) is 2. The second-order valence-electron chi connectivity index (χ2n) is 6.21. The Morgan fingerprint density at radius 2 is 1.96 bits per heavy atom. The number of carboxylic acids is 1. The first-order valence-corrected chi connectivity index (χ1v) is 7.94. The van der Waals surface area contributed by atoms with Crippen LogP contribution in [0.2, 0.25) is 0 Å². The molecular formula is C17H20N2O4. The largest absolute Gasteiger partial charge is 0.480 e. The van der Waals surface area contributed by atoms with Crippen LogP contribution in [0, 0.1) is 0 Å². The van der Waals surface area contributed by atoms with Crippen molar-refractivity contribution in [1.82, 2.24) is 5.32 Å². The van der Waals surface area contributed by atoms with Gasteiger partial charge < -0.3 is 15.3 Å². The molecule has 0 radical (unpaired) electrons. The number of benzene rings is 1. The van der Waals surface area contributed by atoms with Crippen molar-refractivity contribution in [3.8, 4) is 0 Å². The third-order valence-corrected chi connectivity index (χ3v) is 4.75. The number of aryl methyl sites for hydroxylation is 1. The lowest BCUT2D eigenvalue weighted by atomic mass is 9.76. The van der Waals surface area contributed by atoms with Crippen LogP contribution in [-0.4, -0.2) is 35.0 Å². The molecule has 1 fully saturated rings. The van der Waals surface area contributed by atoms with Crippen LogP contribution in [0.15, 0.2) is 24.3 Å². The number of fused-ring (bicyclic) bond motifs is 1. The summed E-state index contributed by atoms with van der Waals surface area (Å²) in [5.41, 5.74) is 0.864. The number of carbonyl (C=O) groups is 3. The molecule has 2 aliphatic rings. The predicted molar refractivity (Wildman–Crippen MR) is 84.1 cm³/mol. The molecule has 1 aliphatic carbocycles. The second kappa shape index (κ2) is 6.02. The average Bonchev–Trinajstić information content (AvgIpc) is 2.49. The average molecular weight is 316 g/mol. The lowest BCUT2D eigenvalue weighted by molar-refractivity contribution is -0.151. The van der Waals surface area contributed by atoms with Crippen molar-refractivity contribution in [2.45, 2.75) is 44.1 Å². The van der Waals surface area contributed by atoms with E-state index in [0.29, 0.717) is 19.3 Å². The van der Waals surface area contributed by atoms with Gasteiger partial charge >= 0.3 is 5.97 Å². The highest BCUT2D eigenvalue weighted by molar-refractivity contribution is 5.97. The first-order valence-electron chi connectivity index (χ1n) is 7.94. The van der Waals surface area contributed by atoms with Crippen LogP contribution in [0.3, 0.4) is 0 Å². The highest BCUT2D eigenvalue weighted by Crippen LogP contribution is 2.32. The number of hydrogen-bond acceptors (Lipinski definition) is 3. The molecule has 1 aromatic rings. The molecule has 2 N–H and O–H groups in total. The number of carbonyl (C=O) groups excluding carboxylic acids is 2. The van der Waals surface area contributed by atoms with Gasteiger partial charge in [0.2, 0.25) is 11.8 Å². The van der Waals surface area contributed by atoms with Crippen LogP contribution in [-0.2, 0) is 20.8 Å². The zero-order valence-corrected chi connectivity index (χ0v) is 12.9. The first kappa shape index (κ1) is 15.5. The van der Waals surface area contributed by atoms with Crippen molar-refractivity contribution in [1.29, 1.82) is 0 Å². The number of nitrogens with zero attached hydrogens (tertiary/aromatic N) is 1. The third kappa shape index (κ3) is 2.93. The minimum Gasteiger partial charge on any atom is -0.480 e. The third-order valence-electron chi connectivity index (χ3n) is 4.75. The fraction of sp³-hybridized carbons (Fsp3) is 0.471. The molecule has 0 atom stereocenters. The molecule has 6 heteroatoms. The van der Waals surface area contributed by atoms with E-state index in [1.54, 1.807) is 4.90 Å². The molecule has 1 aromatic carbocycles. The molecular weight excluding hydrogens is 296 g/mol. The summed E-state index contributed by atoms with van der Waals surface area (Å²) in [6, 6.07) is 7.68. The van der Waals surface area contributed by atoms with Crippen LogP contribution in [0.1, 0.15) is 37.7 Å². The lowest BCUT2D eigenvalue weighted by Crippen LogP contribution is -2.59. The Hall–Kier alpha value is -2.37. The van der Waals surface area contributed by atoms with Gasteiger partial charge in [0.1, 0.15) is 5.54 Å². The van der Waals surface area contributed by atoms with Crippen LogP contribution < -0.4 is 10.2 Å². The number of nitrogens with one attached hydrogen (secondary N) is 1. The van der Waals surface area contributed by atoms with Gasteiger partial charge in [0, 0.05) is 25.1 Å². The van der Waals surface area contributed by atoms with Crippen molar-refractivity contribution in [3.63, 3.8) is 0 Å². The van der Waals surface area contributed by atoms with Crippen LogP contribution in [0.25, 0.3) is 0 Å². The van der Waals surface area contributed by atoms with E-state index in [-0.39, 0.29) is 24.8 Å². The summed E-state index contributed by atoms with van der Waals surface area (Å²) in [5, 5.41) is 11.9. The molecule has 122 valence electrons. The van der Waals surface area contributed by atoms with E-state index in [4.69, 9.17) is 0 Å². The van der Waals surface area contributed by atoms with Gasteiger partial charge in [0.15, 0.2) is 0 Å². The summed E-state index contributed by atoms with van der Waals surface area (Å²) in [6.07, 6.45) is 3.02. The van der Waals surface area contributed by atoms with E-state index in [2.05, 4.69) is 5.32 Å². The maximum Gasteiger partial charge on any atom is 0.329 e. The van der Waals surface area contributed by atoms with Gasteiger partial charge in [0.05, 0.1) is 0 Å². The molecule has 0 unspecified atom stereocenters. The Morgan fingerprint density at radius 3 is 2.61 bits per heavy atom. The molecule has 0 aromatic heterocycles. The molecule has 6 nitrogen and oxygen atoms in total. The molecule has 0 spiro atoms. The maximum atomic E-state index is 12.1. The normalized spacial score (nSPS) is 18.8. The van der Waals surface area contributed by atoms with Gasteiger partial charge in [0.25, 0.3) is 0 Å². The van der Waals surface area contributed by atoms with Gasteiger partial charge in [-0.05, 0) is 37.3 Å². The van der Waals surface area contributed by atoms with Gasteiger partial charge in [-0.3, -0.25) is 9.59 Å². The second-order valence-corrected chi connectivity index (χ2v) is 6.21. The van der Waals surface area contributed by atoms with E-state index in [0.717, 1.165) is 24.1 Å². The Morgan fingerprint density at radius 1 is 1.22 bits per heavy atom. The zero-order valence-electron chi connectivity index (χ0n) is 12.9. The van der Waals surface area contributed by atoms with Gasteiger partial charge in [-0.2, -0.15) is 0 Å². The molecule has 0 bridgehead atoms. The highest BCUT2D eigenvalue weighted by Gasteiger charge is 2.45. The Labute approximate surface area is 134 Å². The predicted octanol–water partition coefficient (Wildman–Crippen LogP) is 1.48. The standard InChI is InChI=1S/C17H20N2O4/c20-14(18-17(16(22)23)9-3-10-17)8-11-19-13-5-2-1-4-12(13)6-7-15(19)21/h1-2,4-5H,3,6-11H2,(H,18,20)(H,22,23). The molecule has 1 saturated carbocycles. The number of para-hydroxylation sites is 1. The fourth-order valence-electron chi connectivity index (χ4n) is 3.21. The summed E-state index contributed by atoms with van der Waals surface area (Å²) in [5.74, 6) is -1.28. The number of aliphatic carboxylic acids is 1. The van der Waals surface area contributed by atoms with E-state index in [1.165, 1.54) is 0 Å². The Balaban J connectivity index is 1.63. The highest BCUT2D eigenvalue weighted by atomic mass is 16.4. The maximum absolute atomic E-state index is 12.1. The quantitative estimate of drug-likeness (QED) is 0.861. The van der Waals surface area contributed by atoms with Crippen molar-refractivity contribution in [2.24, 2.45) is 0 Å². The fourth-order valence-corrected chi connectivity index (χ4v) is 3.21. The van der Waals surface area contributed by atoms with Gasteiger partial charge in [-0.15, -0.1) is 0 Å². The van der Waals surface area contributed by atoms with Gasteiger partial charge in [-0.1, -0.05) is 18.2 Å². The summed E-state index contributed by atoms with van der Waals surface area (Å²) in [4.78, 5) is 37.1. The Kier molecular flexibility index (Phi) is 4.07. The first-order chi connectivity index (χ1) is 11.0. The van der Waals surface area contributed by atoms with Gasteiger partial charge in [-0.25, -0.2) is 4.79 Å². The molecule has 0 saturated heterocycles. The van der Waals surface area contributed by atoms with E-state index >= 15 is 0 Å². The SMILES string of the molecule is O=C(CCN1C(=O)CCc2ccccc21)NC1(C(=O)O)CCC1. The number of anilines is 1. The van der Waals surface area contributed by atoms with E-state index < -0.39 is 11.5 Å². The lowest BCUT2D eigenvalue weighted by Gasteiger charge is -2.38. The van der Waals surface area contributed by atoms with Crippen LogP contribution in [0.4, 0.5) is 5.69 Å². The van der Waals surface area contributed by atoms with Crippen molar-refractivity contribution >= 4 is 23.5 Å². The van der Waals surface area contributed by atoms with E-state index in [9.17, 15) is 19.5 Å². The number of carboxylic acid groups (broad SMARTS) is 1. The number of amides is 2. The molecule has 1 aliphatic heterocycles. The van der Waals surface area contributed by atoms with Crippen molar-refractivity contribution in [2.75, 3.05) is 11.4 Å². The summed E-state index contributed by atoms with van der Waals surface area (Å²) >= 11 is 0. The summed E-state index contributed by atoms with van der Waals surface area (Å²) < 4.78 is 0. The monoisotopic (exact) mass is 316 g/mol. The van der Waals surface area contributed by atoms with E-state index in [1.807, 2.05) is 24.3 Å². The van der Waals surface area contributed by atoms with Crippen LogP contribution in [0.5, 0.6) is 0 Å². The minimum absolute atomic E-state index is 0.00749. The smallest absolute Gasteiger partial charge is 0.329 e. The number of rotatable bonds is 5. The Bertz CT molecular complexity index is 652. The zero-order chi connectivity index (χ0) is 16.4. The van der Waals surface area contributed by atoms with Crippen LogP contribution >= 0.6 is 0 Å². The summed E-state index contributed by atoms with van der Waals surface area (Å²) in [6.45, 7) is 0.275. The molecule has 3 rings (SSSR count). The molecule has 1 heterocycles. The van der Waals surface area contributed by atoms with Crippen molar-refractivity contribution in [3.05, 3.63) is 29.8 Å². The minimum atomic E-state index is -1.10. The molecule has 2 amide bonds.